The molecule has 0 aliphatic rings. The van der Waals surface area contributed by atoms with Gasteiger partial charge >= 0.3 is 5.97 Å². The van der Waals surface area contributed by atoms with Gasteiger partial charge in [-0.25, -0.2) is 0 Å². The van der Waals surface area contributed by atoms with Gasteiger partial charge in [0.1, 0.15) is 0 Å². The molecule has 0 fully saturated rings. The molecule has 1 N–H and O–H groups in total. The first-order chi connectivity index (χ1) is 8.13. The highest BCUT2D eigenvalue weighted by molar-refractivity contribution is 7.13. The lowest BCUT2D eigenvalue weighted by Crippen LogP contribution is -2.24. The first-order valence-electron chi connectivity index (χ1n) is 5.63. The summed E-state index contributed by atoms with van der Waals surface area (Å²) in [7, 11) is 0. The quantitative estimate of drug-likeness (QED) is 0.626. The normalized spacial score (nSPS) is 10.0. The van der Waals surface area contributed by atoms with E-state index in [4.69, 9.17) is 4.74 Å². The monoisotopic (exact) mass is 255 g/mol. The fourth-order valence-corrected chi connectivity index (χ4v) is 2.10. The molecule has 0 bridgehead atoms. The van der Waals surface area contributed by atoms with Crippen molar-refractivity contribution in [2.24, 2.45) is 0 Å². The first kappa shape index (κ1) is 13.7. The maximum atomic E-state index is 11.6. The topological polar surface area (TPSA) is 55.4 Å². The number of ether oxygens (including phenoxy) is 1. The fraction of sp³-hybridized carbons (Fsp3) is 0.500. The number of aryl methyl sites for hydroxylation is 1. The second-order valence-electron chi connectivity index (χ2n) is 3.57. The molecule has 0 aromatic carbocycles. The third kappa shape index (κ3) is 4.99. The van der Waals surface area contributed by atoms with Gasteiger partial charge in [-0.2, -0.15) is 0 Å². The summed E-state index contributed by atoms with van der Waals surface area (Å²) < 4.78 is 4.79. The molecule has 5 heteroatoms. The van der Waals surface area contributed by atoms with Crippen LogP contribution in [0.5, 0.6) is 0 Å². The number of hydrogen-bond acceptors (Lipinski definition) is 4. The highest BCUT2D eigenvalue weighted by Gasteiger charge is 2.07. The summed E-state index contributed by atoms with van der Waals surface area (Å²) in [5, 5.41) is 2.77. The van der Waals surface area contributed by atoms with Gasteiger partial charge in [-0.15, -0.1) is 11.3 Å². The fourth-order valence-electron chi connectivity index (χ4n) is 1.31. The summed E-state index contributed by atoms with van der Waals surface area (Å²) in [5.74, 6) is -0.291. The van der Waals surface area contributed by atoms with Crippen molar-refractivity contribution in [2.45, 2.75) is 26.7 Å². The molecule has 0 saturated heterocycles. The van der Waals surface area contributed by atoms with Crippen molar-refractivity contribution in [3.63, 3.8) is 0 Å². The van der Waals surface area contributed by atoms with Crippen LogP contribution in [-0.4, -0.2) is 25.0 Å². The first-order valence-corrected chi connectivity index (χ1v) is 6.45. The molecule has 1 rings (SSSR count). The SMILES string of the molecule is CCOC(=O)CCCNC(=O)c1ccc(C)s1. The number of nitrogens with one attached hydrogen (secondary N) is 1. The van der Waals surface area contributed by atoms with E-state index >= 15 is 0 Å². The Kier molecular flexibility index (Phi) is 5.69. The van der Waals surface area contributed by atoms with E-state index in [2.05, 4.69) is 5.32 Å². The molecule has 17 heavy (non-hydrogen) atoms. The highest BCUT2D eigenvalue weighted by Crippen LogP contribution is 2.14. The van der Waals surface area contributed by atoms with Crippen molar-refractivity contribution in [2.75, 3.05) is 13.2 Å². The third-order valence-electron chi connectivity index (χ3n) is 2.11. The summed E-state index contributed by atoms with van der Waals surface area (Å²) in [5.41, 5.74) is 0. The van der Waals surface area contributed by atoms with E-state index in [1.165, 1.54) is 11.3 Å². The molecular formula is C12H17NO3S. The van der Waals surface area contributed by atoms with Crippen LogP contribution in [0.4, 0.5) is 0 Å². The minimum atomic E-state index is -0.214. The number of esters is 1. The Balaban J connectivity index is 2.19. The maximum Gasteiger partial charge on any atom is 0.305 e. The Labute approximate surface area is 105 Å². The molecule has 94 valence electrons. The Morgan fingerprint density at radius 2 is 2.18 bits per heavy atom. The standard InChI is InChI=1S/C12H17NO3S/c1-3-16-11(14)5-4-8-13-12(15)10-7-6-9(2)17-10/h6-7H,3-5,8H2,1-2H3,(H,13,15). The zero-order chi connectivity index (χ0) is 12.7. The van der Waals surface area contributed by atoms with Crippen molar-refractivity contribution in [1.82, 2.24) is 5.32 Å². The van der Waals surface area contributed by atoms with E-state index in [1.807, 2.05) is 13.0 Å². The summed E-state index contributed by atoms with van der Waals surface area (Å²) in [6.07, 6.45) is 0.951. The van der Waals surface area contributed by atoms with Crippen LogP contribution in [0.2, 0.25) is 0 Å². The lowest BCUT2D eigenvalue weighted by Gasteiger charge is -2.03. The molecule has 4 nitrogen and oxygen atoms in total. The van der Waals surface area contributed by atoms with Crippen LogP contribution >= 0.6 is 11.3 Å². The smallest absolute Gasteiger partial charge is 0.305 e. The zero-order valence-corrected chi connectivity index (χ0v) is 10.9. The molecule has 0 spiro atoms. The summed E-state index contributed by atoms with van der Waals surface area (Å²) in [6, 6.07) is 3.72. The van der Waals surface area contributed by atoms with Crippen molar-refractivity contribution in [1.29, 1.82) is 0 Å². The maximum absolute atomic E-state index is 11.6. The van der Waals surface area contributed by atoms with Crippen molar-refractivity contribution in [3.05, 3.63) is 21.9 Å². The van der Waals surface area contributed by atoms with Gasteiger partial charge in [0.25, 0.3) is 5.91 Å². The summed E-state index contributed by atoms with van der Waals surface area (Å²) >= 11 is 1.46. The molecular weight excluding hydrogens is 238 g/mol. The molecule has 0 aliphatic carbocycles. The Morgan fingerprint density at radius 3 is 2.76 bits per heavy atom. The van der Waals surface area contributed by atoms with E-state index in [-0.39, 0.29) is 11.9 Å². The highest BCUT2D eigenvalue weighted by atomic mass is 32.1. The minimum Gasteiger partial charge on any atom is -0.466 e. The van der Waals surface area contributed by atoms with Gasteiger partial charge in [0.2, 0.25) is 0 Å². The number of amides is 1. The Bertz CT molecular complexity index is 387. The lowest BCUT2D eigenvalue weighted by atomic mass is 10.3. The van der Waals surface area contributed by atoms with Crippen molar-refractivity contribution in [3.8, 4) is 0 Å². The van der Waals surface area contributed by atoms with E-state index < -0.39 is 0 Å². The van der Waals surface area contributed by atoms with E-state index in [9.17, 15) is 9.59 Å². The summed E-state index contributed by atoms with van der Waals surface area (Å²) in [4.78, 5) is 24.5. The predicted octanol–water partition coefficient (Wildman–Crippen LogP) is 2.13. The van der Waals surface area contributed by atoms with E-state index in [0.717, 1.165) is 4.88 Å². The van der Waals surface area contributed by atoms with E-state index in [0.29, 0.717) is 30.9 Å². The number of carbonyl (C=O) groups is 2. The van der Waals surface area contributed by atoms with Gasteiger partial charge < -0.3 is 10.1 Å². The average Bonchev–Trinajstić information content (AvgIpc) is 2.71. The minimum absolute atomic E-state index is 0.0769. The van der Waals surface area contributed by atoms with Gasteiger partial charge in [-0.3, -0.25) is 9.59 Å². The summed E-state index contributed by atoms with van der Waals surface area (Å²) in [6.45, 7) is 4.63. The van der Waals surface area contributed by atoms with Crippen LogP contribution in [0.3, 0.4) is 0 Å². The van der Waals surface area contributed by atoms with Crippen molar-refractivity contribution >= 4 is 23.2 Å². The van der Waals surface area contributed by atoms with Crippen molar-refractivity contribution < 1.29 is 14.3 Å². The second-order valence-corrected chi connectivity index (χ2v) is 4.86. The van der Waals surface area contributed by atoms with Crippen LogP contribution in [-0.2, 0) is 9.53 Å². The zero-order valence-electron chi connectivity index (χ0n) is 10.1. The third-order valence-corrected chi connectivity index (χ3v) is 3.11. The molecule has 0 unspecified atom stereocenters. The molecule has 0 saturated carbocycles. The molecule has 0 radical (unpaired) electrons. The number of hydrogen-bond donors (Lipinski definition) is 1. The van der Waals surface area contributed by atoms with Gasteiger partial charge in [-0.1, -0.05) is 0 Å². The largest absolute Gasteiger partial charge is 0.466 e. The van der Waals surface area contributed by atoms with Crippen LogP contribution in [0.1, 0.15) is 34.3 Å². The Morgan fingerprint density at radius 1 is 1.41 bits per heavy atom. The molecule has 1 heterocycles. The molecule has 1 aromatic rings. The molecule has 1 amide bonds. The van der Waals surface area contributed by atoms with Crippen LogP contribution < -0.4 is 5.32 Å². The predicted molar refractivity (Wildman–Crippen MR) is 67.3 cm³/mol. The molecule has 1 aromatic heterocycles. The van der Waals surface area contributed by atoms with Gasteiger partial charge in [0.05, 0.1) is 11.5 Å². The number of rotatable bonds is 6. The van der Waals surface area contributed by atoms with Crippen LogP contribution in [0.15, 0.2) is 12.1 Å². The number of thiophene rings is 1. The van der Waals surface area contributed by atoms with Gasteiger partial charge in [0, 0.05) is 17.8 Å². The second kappa shape index (κ2) is 7.06. The van der Waals surface area contributed by atoms with Gasteiger partial charge in [-0.05, 0) is 32.4 Å². The molecule has 0 aliphatic heterocycles. The van der Waals surface area contributed by atoms with Gasteiger partial charge in [0.15, 0.2) is 0 Å². The molecule has 0 atom stereocenters. The lowest BCUT2D eigenvalue weighted by molar-refractivity contribution is -0.143. The van der Waals surface area contributed by atoms with Crippen LogP contribution in [0, 0.1) is 6.92 Å². The van der Waals surface area contributed by atoms with E-state index in [1.54, 1.807) is 13.0 Å². The number of carbonyl (C=O) groups excluding carboxylic acids is 2. The average molecular weight is 255 g/mol. The Hall–Kier alpha value is -1.36. The van der Waals surface area contributed by atoms with Crippen LogP contribution in [0.25, 0.3) is 0 Å².